The average molecular weight is 328 g/mol. The van der Waals surface area contributed by atoms with E-state index in [1.807, 2.05) is 0 Å². The summed E-state index contributed by atoms with van der Waals surface area (Å²) >= 11 is 5.73. The monoisotopic (exact) mass is 327 g/mol. The molecule has 1 aliphatic carbocycles. The number of rotatable bonds is 6. The first-order valence-electron chi connectivity index (χ1n) is 8.29. The third-order valence-corrected chi connectivity index (χ3v) is 4.80. The van der Waals surface area contributed by atoms with Crippen LogP contribution in [0.3, 0.4) is 0 Å². The Balaban J connectivity index is 2.03. The minimum absolute atomic E-state index is 0.0481. The van der Waals surface area contributed by atoms with E-state index in [0.29, 0.717) is 12.4 Å². The molecule has 2 aromatic rings. The molecule has 0 aromatic heterocycles. The number of hydrogen-bond donors (Lipinski definition) is 1. The summed E-state index contributed by atoms with van der Waals surface area (Å²) in [6.07, 6.45) is 1.86. The van der Waals surface area contributed by atoms with E-state index in [4.69, 9.17) is 11.6 Å². The van der Waals surface area contributed by atoms with Gasteiger partial charge >= 0.3 is 0 Å². The lowest BCUT2D eigenvalue weighted by atomic mass is 9.81. The predicted octanol–water partition coefficient (Wildman–Crippen LogP) is 4.57. The fourth-order valence-corrected chi connectivity index (χ4v) is 3.78. The number of benzene rings is 2. The van der Waals surface area contributed by atoms with Crippen LogP contribution < -0.4 is 5.32 Å². The Bertz CT molecular complexity index is 652. The molecule has 0 saturated heterocycles. The first kappa shape index (κ1) is 16.1. The van der Waals surface area contributed by atoms with Crippen LogP contribution in [0.5, 0.6) is 0 Å². The highest BCUT2D eigenvalue weighted by Crippen LogP contribution is 2.49. The van der Waals surface area contributed by atoms with Crippen molar-refractivity contribution in [1.82, 2.24) is 5.32 Å². The number of carbonyl (C=O) groups excluding carboxylic acids is 1. The fraction of sp³-hybridized carbons (Fsp3) is 0.350. The quantitative estimate of drug-likeness (QED) is 0.774. The van der Waals surface area contributed by atoms with E-state index in [1.54, 1.807) is 0 Å². The van der Waals surface area contributed by atoms with Crippen LogP contribution in [0.4, 0.5) is 0 Å². The van der Waals surface area contributed by atoms with Gasteiger partial charge < -0.3 is 5.32 Å². The normalized spacial score (nSPS) is 14.2. The summed E-state index contributed by atoms with van der Waals surface area (Å²) in [5, 5.41) is 2.98. The van der Waals surface area contributed by atoms with Gasteiger partial charge in [-0.25, -0.2) is 0 Å². The van der Waals surface area contributed by atoms with Crippen molar-refractivity contribution in [3.8, 4) is 11.1 Å². The predicted molar refractivity (Wildman–Crippen MR) is 95.8 cm³/mol. The van der Waals surface area contributed by atoms with Crippen LogP contribution in [-0.2, 0) is 4.79 Å². The Morgan fingerprint density at radius 2 is 1.65 bits per heavy atom. The molecule has 1 unspecified atom stereocenters. The molecule has 0 saturated carbocycles. The highest BCUT2D eigenvalue weighted by atomic mass is 35.5. The maximum Gasteiger partial charge on any atom is 0.224 e. The summed E-state index contributed by atoms with van der Waals surface area (Å²) in [7, 11) is 0. The van der Waals surface area contributed by atoms with Gasteiger partial charge in [-0.15, -0.1) is 11.6 Å². The van der Waals surface area contributed by atoms with Gasteiger partial charge in [0.25, 0.3) is 0 Å². The molecule has 0 aliphatic heterocycles. The van der Waals surface area contributed by atoms with Crippen molar-refractivity contribution in [2.45, 2.75) is 25.7 Å². The second-order valence-corrected chi connectivity index (χ2v) is 6.41. The first-order chi connectivity index (χ1) is 11.3. The van der Waals surface area contributed by atoms with Gasteiger partial charge in [0.1, 0.15) is 0 Å². The van der Waals surface area contributed by atoms with Gasteiger partial charge in [0.2, 0.25) is 5.91 Å². The van der Waals surface area contributed by atoms with E-state index in [9.17, 15) is 4.79 Å². The minimum atomic E-state index is -0.0481. The van der Waals surface area contributed by atoms with Crippen LogP contribution in [0.1, 0.15) is 36.8 Å². The molecule has 3 rings (SSSR count). The topological polar surface area (TPSA) is 29.1 Å². The van der Waals surface area contributed by atoms with Crippen molar-refractivity contribution in [3.05, 3.63) is 59.7 Å². The summed E-state index contributed by atoms with van der Waals surface area (Å²) in [5.74, 6) is 0.650. The standard InChI is InChI=1S/C20H22ClNO/c1-2-7-18(20(23)22-13-12-21)19-16-10-5-3-8-14(16)15-9-4-6-11-17(15)19/h3-6,8-11,18-19H,2,7,12-13H2,1H3,(H,22,23). The van der Waals surface area contributed by atoms with Gasteiger partial charge in [0.15, 0.2) is 0 Å². The Kier molecular flexibility index (Phi) is 5.02. The van der Waals surface area contributed by atoms with Crippen LogP contribution in [0, 0.1) is 5.92 Å². The first-order valence-corrected chi connectivity index (χ1v) is 8.83. The molecular formula is C20H22ClNO. The van der Waals surface area contributed by atoms with Gasteiger partial charge in [0.05, 0.1) is 0 Å². The molecule has 1 N–H and O–H groups in total. The zero-order valence-corrected chi connectivity index (χ0v) is 14.1. The molecule has 1 atom stereocenters. The maximum atomic E-state index is 12.7. The zero-order chi connectivity index (χ0) is 16.2. The second kappa shape index (κ2) is 7.18. The summed E-state index contributed by atoms with van der Waals surface area (Å²) in [5.41, 5.74) is 5.07. The highest BCUT2D eigenvalue weighted by molar-refractivity contribution is 6.18. The van der Waals surface area contributed by atoms with Gasteiger partial charge in [0, 0.05) is 24.3 Å². The van der Waals surface area contributed by atoms with Gasteiger partial charge in [-0.3, -0.25) is 4.79 Å². The third kappa shape index (κ3) is 3.00. The number of nitrogens with one attached hydrogen (secondary N) is 1. The van der Waals surface area contributed by atoms with Crippen molar-refractivity contribution < 1.29 is 4.79 Å². The Labute approximate surface area is 142 Å². The van der Waals surface area contributed by atoms with Crippen LogP contribution in [0.25, 0.3) is 11.1 Å². The van der Waals surface area contributed by atoms with Crippen LogP contribution in [0.2, 0.25) is 0 Å². The lowest BCUT2D eigenvalue weighted by Crippen LogP contribution is -2.35. The summed E-state index contributed by atoms with van der Waals surface area (Å²) < 4.78 is 0. The van der Waals surface area contributed by atoms with Gasteiger partial charge in [-0.2, -0.15) is 0 Å². The van der Waals surface area contributed by atoms with Crippen molar-refractivity contribution in [1.29, 1.82) is 0 Å². The van der Waals surface area contributed by atoms with Gasteiger partial charge in [-0.05, 0) is 28.7 Å². The number of amides is 1. The molecule has 120 valence electrons. The van der Waals surface area contributed by atoms with Crippen LogP contribution in [0.15, 0.2) is 48.5 Å². The van der Waals surface area contributed by atoms with E-state index in [2.05, 4.69) is 60.8 Å². The van der Waals surface area contributed by atoms with E-state index in [0.717, 1.165) is 12.8 Å². The van der Waals surface area contributed by atoms with E-state index in [1.165, 1.54) is 22.3 Å². The van der Waals surface area contributed by atoms with Crippen LogP contribution in [-0.4, -0.2) is 18.3 Å². The average Bonchev–Trinajstić information content (AvgIpc) is 2.92. The Hall–Kier alpha value is -1.80. The molecule has 0 heterocycles. The summed E-state index contributed by atoms with van der Waals surface area (Å²) in [6.45, 7) is 2.66. The molecule has 1 aliphatic rings. The molecule has 3 heteroatoms. The van der Waals surface area contributed by atoms with E-state index < -0.39 is 0 Å². The lowest BCUT2D eigenvalue weighted by molar-refractivity contribution is -0.125. The number of halogens is 1. The molecule has 1 amide bonds. The zero-order valence-electron chi connectivity index (χ0n) is 13.4. The summed E-state index contributed by atoms with van der Waals surface area (Å²) in [4.78, 5) is 12.7. The minimum Gasteiger partial charge on any atom is -0.355 e. The number of alkyl halides is 1. The summed E-state index contributed by atoms with van der Waals surface area (Å²) in [6, 6.07) is 16.9. The molecular weight excluding hydrogens is 306 g/mol. The fourth-order valence-electron chi connectivity index (χ4n) is 3.69. The van der Waals surface area contributed by atoms with Crippen molar-refractivity contribution in [2.75, 3.05) is 12.4 Å². The largest absolute Gasteiger partial charge is 0.355 e. The smallest absolute Gasteiger partial charge is 0.224 e. The molecule has 0 radical (unpaired) electrons. The van der Waals surface area contributed by atoms with E-state index in [-0.39, 0.29) is 17.7 Å². The molecule has 0 fully saturated rings. The highest BCUT2D eigenvalue weighted by Gasteiger charge is 2.36. The number of hydrogen-bond acceptors (Lipinski definition) is 1. The van der Waals surface area contributed by atoms with E-state index >= 15 is 0 Å². The second-order valence-electron chi connectivity index (χ2n) is 6.03. The van der Waals surface area contributed by atoms with Crippen LogP contribution >= 0.6 is 11.6 Å². The lowest BCUT2D eigenvalue weighted by Gasteiger charge is -2.24. The molecule has 23 heavy (non-hydrogen) atoms. The molecule has 2 nitrogen and oxygen atoms in total. The molecule has 0 bridgehead atoms. The maximum absolute atomic E-state index is 12.7. The SMILES string of the molecule is CCCC(C(=O)NCCCl)C1c2ccccc2-c2ccccc21. The van der Waals surface area contributed by atoms with Crippen molar-refractivity contribution in [3.63, 3.8) is 0 Å². The van der Waals surface area contributed by atoms with Crippen molar-refractivity contribution >= 4 is 17.5 Å². The molecule has 2 aromatic carbocycles. The Morgan fingerprint density at radius 3 is 2.17 bits per heavy atom. The third-order valence-electron chi connectivity index (χ3n) is 4.61. The number of fused-ring (bicyclic) bond motifs is 3. The van der Waals surface area contributed by atoms with Gasteiger partial charge in [-0.1, -0.05) is 61.9 Å². The van der Waals surface area contributed by atoms with Crippen molar-refractivity contribution in [2.24, 2.45) is 5.92 Å². The Morgan fingerprint density at radius 1 is 1.09 bits per heavy atom. The number of carbonyl (C=O) groups is 1. The molecule has 0 spiro atoms.